The van der Waals surface area contributed by atoms with Crippen LogP contribution in [0.1, 0.15) is 11.1 Å². The highest BCUT2D eigenvalue weighted by molar-refractivity contribution is 5.67. The molecule has 0 aliphatic carbocycles. The van der Waals surface area contributed by atoms with Gasteiger partial charge in [-0.2, -0.15) is 0 Å². The van der Waals surface area contributed by atoms with Crippen LogP contribution in [0.25, 0.3) is 6.08 Å². The van der Waals surface area contributed by atoms with Gasteiger partial charge in [-0.05, 0) is 24.6 Å². The molecule has 0 unspecified atom stereocenters. The Balaban J connectivity index is 3.12. The molecule has 1 rings (SSSR count). The lowest BCUT2D eigenvalue weighted by atomic mass is 10.1. The first-order chi connectivity index (χ1) is 6.15. The van der Waals surface area contributed by atoms with E-state index in [9.17, 15) is 4.39 Å². The van der Waals surface area contributed by atoms with Crippen molar-refractivity contribution in [2.75, 3.05) is 12.3 Å². The summed E-state index contributed by atoms with van der Waals surface area (Å²) in [7, 11) is 0. The van der Waals surface area contributed by atoms with Crippen molar-refractivity contribution in [3.05, 3.63) is 35.2 Å². The Morgan fingerprint density at radius 3 is 2.77 bits per heavy atom. The van der Waals surface area contributed by atoms with Crippen molar-refractivity contribution in [2.24, 2.45) is 5.73 Å². The van der Waals surface area contributed by atoms with Gasteiger partial charge < -0.3 is 11.5 Å². The molecule has 0 aliphatic heterocycles. The largest absolute Gasteiger partial charge is 0.398 e. The van der Waals surface area contributed by atoms with Crippen LogP contribution in [0.2, 0.25) is 0 Å². The molecule has 0 aliphatic rings. The van der Waals surface area contributed by atoms with E-state index in [1.54, 1.807) is 19.1 Å². The summed E-state index contributed by atoms with van der Waals surface area (Å²) in [5, 5.41) is 0. The molecule has 70 valence electrons. The molecule has 0 radical (unpaired) electrons. The van der Waals surface area contributed by atoms with Gasteiger partial charge in [0.1, 0.15) is 5.82 Å². The highest BCUT2D eigenvalue weighted by atomic mass is 19.1. The van der Waals surface area contributed by atoms with Gasteiger partial charge in [0, 0.05) is 17.8 Å². The molecule has 13 heavy (non-hydrogen) atoms. The van der Waals surface area contributed by atoms with Gasteiger partial charge in [0.25, 0.3) is 0 Å². The molecule has 0 aromatic heterocycles. The number of nitrogen functional groups attached to an aromatic ring is 1. The molecule has 0 spiro atoms. The van der Waals surface area contributed by atoms with Gasteiger partial charge in [-0.3, -0.25) is 0 Å². The van der Waals surface area contributed by atoms with Gasteiger partial charge in [-0.1, -0.05) is 12.2 Å². The van der Waals surface area contributed by atoms with Gasteiger partial charge >= 0.3 is 0 Å². The van der Waals surface area contributed by atoms with E-state index in [0.29, 0.717) is 17.8 Å². The molecule has 0 bridgehead atoms. The lowest BCUT2D eigenvalue weighted by Crippen LogP contribution is -1.96. The molecule has 0 heterocycles. The zero-order chi connectivity index (χ0) is 9.84. The van der Waals surface area contributed by atoms with Crippen LogP contribution in [0.5, 0.6) is 0 Å². The number of hydrogen-bond donors (Lipinski definition) is 2. The SMILES string of the molecule is Cc1cc(F)cc(C=CCN)c1N. The molecule has 3 heteroatoms. The first-order valence-electron chi connectivity index (χ1n) is 4.07. The monoisotopic (exact) mass is 180 g/mol. The number of rotatable bonds is 2. The number of aryl methyl sites for hydroxylation is 1. The van der Waals surface area contributed by atoms with Crippen molar-refractivity contribution in [3.8, 4) is 0 Å². The van der Waals surface area contributed by atoms with Crippen molar-refractivity contribution in [1.29, 1.82) is 0 Å². The van der Waals surface area contributed by atoms with Crippen LogP contribution in [-0.2, 0) is 0 Å². The summed E-state index contributed by atoms with van der Waals surface area (Å²) in [5.74, 6) is -0.275. The zero-order valence-corrected chi connectivity index (χ0v) is 7.55. The second kappa shape index (κ2) is 4.05. The summed E-state index contributed by atoms with van der Waals surface area (Å²) in [6, 6.07) is 2.81. The smallest absolute Gasteiger partial charge is 0.124 e. The number of anilines is 1. The maximum Gasteiger partial charge on any atom is 0.124 e. The third-order valence-electron chi connectivity index (χ3n) is 1.82. The van der Waals surface area contributed by atoms with Crippen molar-refractivity contribution in [1.82, 2.24) is 0 Å². The van der Waals surface area contributed by atoms with Crippen LogP contribution in [0.3, 0.4) is 0 Å². The van der Waals surface area contributed by atoms with E-state index in [0.717, 1.165) is 5.56 Å². The Kier molecular flexibility index (Phi) is 3.03. The van der Waals surface area contributed by atoms with Gasteiger partial charge in [0.05, 0.1) is 0 Å². The molecule has 0 saturated carbocycles. The summed E-state index contributed by atoms with van der Waals surface area (Å²) >= 11 is 0. The standard InChI is InChI=1S/C10H13FN2/c1-7-5-9(11)6-8(10(7)13)3-2-4-12/h2-3,5-6H,4,12-13H2,1H3. The summed E-state index contributed by atoms with van der Waals surface area (Å²) in [6.45, 7) is 2.20. The van der Waals surface area contributed by atoms with Crippen LogP contribution < -0.4 is 11.5 Å². The van der Waals surface area contributed by atoms with Crippen LogP contribution in [-0.4, -0.2) is 6.54 Å². The summed E-state index contributed by atoms with van der Waals surface area (Å²) < 4.78 is 12.9. The number of benzene rings is 1. The minimum absolute atomic E-state index is 0.275. The van der Waals surface area contributed by atoms with Gasteiger partial charge in [0.15, 0.2) is 0 Å². The molecule has 0 atom stereocenters. The second-order valence-electron chi connectivity index (χ2n) is 2.86. The third kappa shape index (κ3) is 2.29. The van der Waals surface area contributed by atoms with Crippen molar-refractivity contribution >= 4 is 11.8 Å². The highest BCUT2D eigenvalue weighted by Crippen LogP contribution is 2.19. The summed E-state index contributed by atoms with van der Waals surface area (Å²) in [5.41, 5.74) is 13.0. The Hall–Kier alpha value is -1.35. The molecule has 1 aromatic carbocycles. The van der Waals surface area contributed by atoms with E-state index in [1.807, 2.05) is 0 Å². The molecule has 2 nitrogen and oxygen atoms in total. The van der Waals surface area contributed by atoms with E-state index < -0.39 is 0 Å². The van der Waals surface area contributed by atoms with E-state index in [4.69, 9.17) is 11.5 Å². The molecular weight excluding hydrogens is 167 g/mol. The van der Waals surface area contributed by atoms with Gasteiger partial charge in [-0.25, -0.2) is 4.39 Å². The Morgan fingerprint density at radius 1 is 1.46 bits per heavy atom. The number of halogens is 1. The molecule has 4 N–H and O–H groups in total. The normalized spacial score (nSPS) is 11.0. The van der Waals surface area contributed by atoms with Gasteiger partial charge in [-0.15, -0.1) is 0 Å². The minimum Gasteiger partial charge on any atom is -0.398 e. The van der Waals surface area contributed by atoms with Crippen LogP contribution in [0.15, 0.2) is 18.2 Å². The fourth-order valence-electron chi connectivity index (χ4n) is 1.11. The molecular formula is C10H13FN2. The lowest BCUT2D eigenvalue weighted by Gasteiger charge is -2.04. The summed E-state index contributed by atoms with van der Waals surface area (Å²) in [6.07, 6.45) is 3.47. The molecule has 1 aromatic rings. The van der Waals surface area contributed by atoms with E-state index >= 15 is 0 Å². The van der Waals surface area contributed by atoms with Crippen molar-refractivity contribution < 1.29 is 4.39 Å². The quantitative estimate of drug-likeness (QED) is 0.680. The predicted molar refractivity (Wildman–Crippen MR) is 53.6 cm³/mol. The molecule has 0 saturated heterocycles. The van der Waals surface area contributed by atoms with E-state index in [2.05, 4.69) is 0 Å². The van der Waals surface area contributed by atoms with E-state index in [-0.39, 0.29) is 5.82 Å². The Morgan fingerprint density at radius 2 is 2.15 bits per heavy atom. The highest BCUT2D eigenvalue weighted by Gasteiger charge is 2.01. The Labute approximate surface area is 77.0 Å². The molecule has 0 amide bonds. The van der Waals surface area contributed by atoms with Crippen LogP contribution in [0, 0.1) is 12.7 Å². The fourth-order valence-corrected chi connectivity index (χ4v) is 1.11. The first-order valence-corrected chi connectivity index (χ1v) is 4.07. The molecule has 0 fully saturated rings. The zero-order valence-electron chi connectivity index (χ0n) is 7.55. The lowest BCUT2D eigenvalue weighted by molar-refractivity contribution is 0.626. The average Bonchev–Trinajstić information content (AvgIpc) is 2.09. The fraction of sp³-hybridized carbons (Fsp3) is 0.200. The topological polar surface area (TPSA) is 52.0 Å². The first kappa shape index (κ1) is 9.74. The van der Waals surface area contributed by atoms with Crippen molar-refractivity contribution in [3.63, 3.8) is 0 Å². The van der Waals surface area contributed by atoms with Crippen LogP contribution in [0.4, 0.5) is 10.1 Å². The maximum absolute atomic E-state index is 12.9. The third-order valence-corrected chi connectivity index (χ3v) is 1.82. The maximum atomic E-state index is 12.9. The van der Waals surface area contributed by atoms with Crippen LogP contribution >= 0.6 is 0 Å². The Bertz CT molecular complexity index is 332. The summed E-state index contributed by atoms with van der Waals surface area (Å²) in [4.78, 5) is 0. The minimum atomic E-state index is -0.275. The second-order valence-corrected chi connectivity index (χ2v) is 2.86. The average molecular weight is 180 g/mol. The van der Waals surface area contributed by atoms with Crippen molar-refractivity contribution in [2.45, 2.75) is 6.92 Å². The number of hydrogen-bond acceptors (Lipinski definition) is 2. The van der Waals surface area contributed by atoms with Gasteiger partial charge in [0.2, 0.25) is 0 Å². The van der Waals surface area contributed by atoms with E-state index in [1.165, 1.54) is 12.1 Å². The predicted octanol–water partition coefficient (Wildman–Crippen LogP) is 1.69. The number of nitrogens with two attached hydrogens (primary N) is 2.